The summed E-state index contributed by atoms with van der Waals surface area (Å²) in [6.07, 6.45) is 0. The van der Waals surface area contributed by atoms with Gasteiger partial charge in [-0.3, -0.25) is 0 Å². The number of carboxylic acids is 1. The van der Waals surface area contributed by atoms with Crippen LogP contribution < -0.4 is 11.1 Å². The quantitative estimate of drug-likeness (QED) is 0.572. The van der Waals surface area contributed by atoms with Gasteiger partial charge in [-0.2, -0.15) is 0 Å². The molecule has 2 aromatic carbocycles. The number of anilines is 3. The number of rotatable bonds is 3. The van der Waals surface area contributed by atoms with Gasteiger partial charge >= 0.3 is 5.97 Å². The summed E-state index contributed by atoms with van der Waals surface area (Å²) in [6.45, 7) is 1.64. The van der Waals surface area contributed by atoms with Crippen molar-refractivity contribution in [1.82, 2.24) is 0 Å². The van der Waals surface area contributed by atoms with Crippen LogP contribution in [0.4, 0.5) is 25.8 Å². The van der Waals surface area contributed by atoms with E-state index in [9.17, 15) is 13.6 Å². The number of carboxylic acid groups (broad SMARTS) is 1. The summed E-state index contributed by atoms with van der Waals surface area (Å²) >= 11 is 2.96. The van der Waals surface area contributed by atoms with Gasteiger partial charge in [0.25, 0.3) is 0 Å². The van der Waals surface area contributed by atoms with E-state index in [1.807, 2.05) is 0 Å². The minimum Gasteiger partial charge on any atom is -0.478 e. The predicted octanol–water partition coefficient (Wildman–Crippen LogP) is 4.06. The molecule has 4 N–H and O–H groups in total. The van der Waals surface area contributed by atoms with Crippen molar-refractivity contribution in [2.24, 2.45) is 0 Å². The molecular formula is C14H11BrF2N2O2. The molecular weight excluding hydrogens is 346 g/mol. The van der Waals surface area contributed by atoms with Crippen LogP contribution in [0.1, 0.15) is 15.9 Å². The number of aromatic carboxylic acids is 1. The van der Waals surface area contributed by atoms with Crippen molar-refractivity contribution in [3.8, 4) is 0 Å². The Bertz CT molecular complexity index is 735. The highest BCUT2D eigenvalue weighted by Gasteiger charge is 2.14. The molecule has 0 aromatic heterocycles. The molecule has 110 valence electrons. The van der Waals surface area contributed by atoms with Crippen molar-refractivity contribution in [2.45, 2.75) is 6.92 Å². The molecule has 7 heteroatoms. The molecule has 0 unspecified atom stereocenters. The maximum atomic E-state index is 13.7. The first kappa shape index (κ1) is 15.2. The summed E-state index contributed by atoms with van der Waals surface area (Å²) in [7, 11) is 0. The Balaban J connectivity index is 2.45. The maximum absolute atomic E-state index is 13.7. The van der Waals surface area contributed by atoms with Gasteiger partial charge in [-0.05, 0) is 46.6 Å². The third-order valence-electron chi connectivity index (χ3n) is 2.91. The number of aryl methyl sites for hydroxylation is 1. The normalized spacial score (nSPS) is 10.5. The molecule has 2 aromatic rings. The molecule has 0 amide bonds. The summed E-state index contributed by atoms with van der Waals surface area (Å²) in [5, 5.41) is 11.8. The molecule has 0 aliphatic carbocycles. The molecule has 0 atom stereocenters. The van der Waals surface area contributed by atoms with Crippen LogP contribution in [0.15, 0.2) is 28.7 Å². The van der Waals surface area contributed by atoms with Crippen molar-refractivity contribution in [3.63, 3.8) is 0 Å². The van der Waals surface area contributed by atoms with E-state index in [0.717, 1.165) is 6.07 Å². The summed E-state index contributed by atoms with van der Waals surface area (Å²) in [5.41, 5.74) is 6.64. The third kappa shape index (κ3) is 3.13. The number of carbonyl (C=O) groups is 1. The van der Waals surface area contributed by atoms with Gasteiger partial charge in [-0.25, -0.2) is 13.6 Å². The fraction of sp³-hybridized carbons (Fsp3) is 0.0714. The van der Waals surface area contributed by atoms with Gasteiger partial charge in [0.2, 0.25) is 0 Å². The van der Waals surface area contributed by atoms with Crippen LogP contribution in [0.5, 0.6) is 0 Å². The fourth-order valence-corrected chi connectivity index (χ4v) is 2.16. The molecule has 0 spiro atoms. The van der Waals surface area contributed by atoms with Crippen molar-refractivity contribution < 1.29 is 18.7 Å². The largest absolute Gasteiger partial charge is 0.478 e. The molecule has 4 nitrogen and oxygen atoms in total. The summed E-state index contributed by atoms with van der Waals surface area (Å²) in [6, 6.07) is 4.84. The lowest BCUT2D eigenvalue weighted by Crippen LogP contribution is -2.06. The van der Waals surface area contributed by atoms with Crippen LogP contribution in [0.3, 0.4) is 0 Å². The SMILES string of the molecule is Cc1cc(Nc2cc(Br)c(F)cc2F)cc(C(=O)O)c1N. The van der Waals surface area contributed by atoms with E-state index in [4.69, 9.17) is 10.8 Å². The van der Waals surface area contributed by atoms with Crippen LogP contribution in [0.25, 0.3) is 0 Å². The summed E-state index contributed by atoms with van der Waals surface area (Å²) < 4.78 is 27.0. The zero-order valence-corrected chi connectivity index (χ0v) is 12.5. The van der Waals surface area contributed by atoms with Gasteiger partial charge in [-0.15, -0.1) is 0 Å². The lowest BCUT2D eigenvalue weighted by molar-refractivity contribution is 0.0698. The van der Waals surface area contributed by atoms with Gasteiger partial charge in [0.05, 0.1) is 15.7 Å². The highest BCUT2D eigenvalue weighted by molar-refractivity contribution is 9.10. The van der Waals surface area contributed by atoms with Crippen LogP contribution in [0.2, 0.25) is 0 Å². The van der Waals surface area contributed by atoms with Crippen molar-refractivity contribution >= 4 is 39.0 Å². The Morgan fingerprint density at radius 1 is 1.24 bits per heavy atom. The lowest BCUT2D eigenvalue weighted by Gasteiger charge is -2.12. The second-order valence-electron chi connectivity index (χ2n) is 4.43. The zero-order chi connectivity index (χ0) is 15.7. The van der Waals surface area contributed by atoms with Gasteiger partial charge in [0.15, 0.2) is 0 Å². The number of nitrogen functional groups attached to an aromatic ring is 1. The van der Waals surface area contributed by atoms with Crippen molar-refractivity contribution in [1.29, 1.82) is 0 Å². The Hall–Kier alpha value is -2.15. The number of nitrogens with two attached hydrogens (primary N) is 1. The van der Waals surface area contributed by atoms with Crippen molar-refractivity contribution in [3.05, 3.63) is 51.5 Å². The van der Waals surface area contributed by atoms with E-state index in [0.29, 0.717) is 11.3 Å². The Kier molecular flexibility index (Phi) is 4.13. The molecule has 21 heavy (non-hydrogen) atoms. The maximum Gasteiger partial charge on any atom is 0.337 e. The van der Waals surface area contributed by atoms with Gasteiger partial charge in [-0.1, -0.05) is 0 Å². The number of halogens is 3. The molecule has 0 saturated carbocycles. The van der Waals surface area contributed by atoms with Gasteiger partial charge in [0.1, 0.15) is 11.6 Å². The molecule has 0 saturated heterocycles. The van der Waals surface area contributed by atoms with E-state index < -0.39 is 17.6 Å². The first-order chi connectivity index (χ1) is 9.79. The van der Waals surface area contributed by atoms with Crippen LogP contribution >= 0.6 is 15.9 Å². The molecule has 0 bridgehead atoms. The minimum atomic E-state index is -1.18. The topological polar surface area (TPSA) is 75.3 Å². The summed E-state index contributed by atoms with van der Waals surface area (Å²) in [4.78, 5) is 11.1. The minimum absolute atomic E-state index is 0.0174. The molecule has 0 aliphatic rings. The first-order valence-electron chi connectivity index (χ1n) is 5.84. The Labute approximate surface area is 127 Å². The van der Waals surface area contributed by atoms with E-state index in [1.165, 1.54) is 12.1 Å². The third-order valence-corrected chi connectivity index (χ3v) is 3.51. The summed E-state index contributed by atoms with van der Waals surface area (Å²) in [5.74, 6) is -2.69. The number of benzene rings is 2. The number of hydrogen-bond acceptors (Lipinski definition) is 3. The standard InChI is InChI=1S/C14H11BrF2N2O2/c1-6-2-7(3-8(13(6)18)14(20)21)19-12-4-9(15)10(16)5-11(12)17/h2-5,19H,18H2,1H3,(H,20,21). The zero-order valence-electron chi connectivity index (χ0n) is 10.9. The highest BCUT2D eigenvalue weighted by atomic mass is 79.9. The lowest BCUT2D eigenvalue weighted by atomic mass is 10.1. The van der Waals surface area contributed by atoms with E-state index in [-0.39, 0.29) is 21.4 Å². The average Bonchev–Trinajstić information content (AvgIpc) is 2.39. The highest BCUT2D eigenvalue weighted by Crippen LogP contribution is 2.29. The van der Waals surface area contributed by atoms with E-state index >= 15 is 0 Å². The van der Waals surface area contributed by atoms with Crippen LogP contribution in [-0.4, -0.2) is 11.1 Å². The molecule has 0 radical (unpaired) electrons. The Morgan fingerprint density at radius 3 is 2.52 bits per heavy atom. The predicted molar refractivity (Wildman–Crippen MR) is 79.9 cm³/mol. The van der Waals surface area contributed by atoms with Crippen LogP contribution in [0, 0.1) is 18.6 Å². The van der Waals surface area contributed by atoms with Crippen LogP contribution in [-0.2, 0) is 0 Å². The van der Waals surface area contributed by atoms with E-state index in [1.54, 1.807) is 13.0 Å². The smallest absolute Gasteiger partial charge is 0.337 e. The second kappa shape index (κ2) is 5.69. The first-order valence-corrected chi connectivity index (χ1v) is 6.64. The average molecular weight is 357 g/mol. The number of hydrogen-bond donors (Lipinski definition) is 3. The molecule has 0 heterocycles. The van der Waals surface area contributed by atoms with Gasteiger partial charge < -0.3 is 16.2 Å². The Morgan fingerprint density at radius 2 is 1.90 bits per heavy atom. The fourth-order valence-electron chi connectivity index (χ4n) is 1.82. The van der Waals surface area contributed by atoms with Gasteiger partial charge in [0, 0.05) is 17.4 Å². The molecule has 2 rings (SSSR count). The van der Waals surface area contributed by atoms with Crippen molar-refractivity contribution in [2.75, 3.05) is 11.1 Å². The molecule has 0 aliphatic heterocycles. The molecule has 0 fully saturated rings. The monoisotopic (exact) mass is 356 g/mol. The second-order valence-corrected chi connectivity index (χ2v) is 5.29. The van der Waals surface area contributed by atoms with E-state index in [2.05, 4.69) is 21.2 Å². The number of nitrogens with one attached hydrogen (secondary N) is 1.